The third-order valence-electron chi connectivity index (χ3n) is 4.97. The van der Waals surface area contributed by atoms with E-state index in [0.717, 1.165) is 6.54 Å². The van der Waals surface area contributed by atoms with Crippen LogP contribution >= 0.6 is 0 Å². The molecular weight excluding hydrogens is 246 g/mol. The largest absolute Gasteiger partial charge is 0.358 e. The van der Waals surface area contributed by atoms with Crippen LogP contribution in [0.15, 0.2) is 24.3 Å². The summed E-state index contributed by atoms with van der Waals surface area (Å²) in [5.41, 5.74) is 4.37. The Bertz CT molecular complexity index is 591. The number of hydrogen-bond acceptors (Lipinski definition) is 2. The molecule has 2 heterocycles. The maximum absolute atomic E-state index is 3.51. The molecule has 3 rings (SSSR count). The van der Waals surface area contributed by atoms with Gasteiger partial charge in [0.2, 0.25) is 0 Å². The summed E-state index contributed by atoms with van der Waals surface area (Å²) in [6.45, 7) is 7.94. The summed E-state index contributed by atoms with van der Waals surface area (Å²) in [7, 11) is 2.08. The maximum atomic E-state index is 3.51. The third kappa shape index (κ3) is 2.48. The minimum atomic E-state index is 0.325. The first kappa shape index (κ1) is 13.7. The van der Waals surface area contributed by atoms with E-state index in [0.29, 0.717) is 5.54 Å². The van der Waals surface area contributed by atoms with E-state index in [1.54, 1.807) is 0 Å². The topological polar surface area (TPSA) is 31.1 Å². The lowest BCUT2D eigenvalue weighted by atomic mass is 9.89. The van der Waals surface area contributed by atoms with Crippen LogP contribution in [0.3, 0.4) is 0 Å². The molecule has 3 heteroatoms. The van der Waals surface area contributed by atoms with Gasteiger partial charge in [0.1, 0.15) is 0 Å². The van der Waals surface area contributed by atoms with Gasteiger partial charge in [0.05, 0.1) is 0 Å². The molecule has 2 aromatic rings. The Morgan fingerprint density at radius 3 is 2.65 bits per heavy atom. The second-order valence-electron chi connectivity index (χ2n) is 6.36. The fourth-order valence-corrected chi connectivity index (χ4v) is 3.22. The molecule has 1 saturated heterocycles. The summed E-state index contributed by atoms with van der Waals surface area (Å²) in [6, 6.07) is 8.63. The summed E-state index contributed by atoms with van der Waals surface area (Å²) in [4.78, 5) is 6.09. The first-order chi connectivity index (χ1) is 9.61. The van der Waals surface area contributed by atoms with Gasteiger partial charge in [0, 0.05) is 41.8 Å². The highest BCUT2D eigenvalue weighted by molar-refractivity contribution is 5.84. The van der Waals surface area contributed by atoms with Crippen LogP contribution in [0.2, 0.25) is 0 Å². The van der Waals surface area contributed by atoms with Crippen molar-refractivity contribution in [1.29, 1.82) is 0 Å². The number of hydrogen-bond donors (Lipinski definition) is 2. The average Bonchev–Trinajstić information content (AvgIpc) is 2.78. The van der Waals surface area contributed by atoms with E-state index in [1.807, 2.05) is 0 Å². The molecule has 3 nitrogen and oxygen atoms in total. The van der Waals surface area contributed by atoms with Gasteiger partial charge in [-0.25, -0.2) is 0 Å². The van der Waals surface area contributed by atoms with Crippen molar-refractivity contribution >= 4 is 10.9 Å². The van der Waals surface area contributed by atoms with Gasteiger partial charge in [-0.2, -0.15) is 0 Å². The molecule has 0 aliphatic carbocycles. The van der Waals surface area contributed by atoms with Crippen LogP contribution in [0.5, 0.6) is 0 Å². The van der Waals surface area contributed by atoms with Gasteiger partial charge >= 0.3 is 0 Å². The molecule has 1 aliphatic heterocycles. The van der Waals surface area contributed by atoms with Crippen LogP contribution in [-0.2, 0) is 6.54 Å². The highest BCUT2D eigenvalue weighted by atomic mass is 15.1. The average molecular weight is 271 g/mol. The summed E-state index contributed by atoms with van der Waals surface area (Å²) in [6.07, 6.45) is 2.45. The first-order valence-corrected chi connectivity index (χ1v) is 7.59. The van der Waals surface area contributed by atoms with Gasteiger partial charge in [0.15, 0.2) is 0 Å². The maximum Gasteiger partial charge on any atom is 0.0459 e. The SMILES string of the molecule is CNC1(C)CCN(Cc2c(C)[nH]c3ccccc23)CC1. The zero-order valence-electron chi connectivity index (χ0n) is 12.8. The molecule has 1 aromatic carbocycles. The summed E-state index contributed by atoms with van der Waals surface area (Å²) >= 11 is 0. The Morgan fingerprint density at radius 1 is 1.25 bits per heavy atom. The Kier molecular flexibility index (Phi) is 3.57. The summed E-state index contributed by atoms with van der Waals surface area (Å²) in [5, 5.41) is 4.85. The Labute approximate surface area is 121 Å². The van der Waals surface area contributed by atoms with E-state index in [-0.39, 0.29) is 0 Å². The van der Waals surface area contributed by atoms with E-state index in [1.165, 1.54) is 48.1 Å². The molecule has 0 amide bonds. The number of aromatic amines is 1. The molecule has 0 radical (unpaired) electrons. The van der Waals surface area contributed by atoms with Crippen molar-refractivity contribution in [2.24, 2.45) is 0 Å². The number of benzene rings is 1. The van der Waals surface area contributed by atoms with Gasteiger partial charge < -0.3 is 10.3 Å². The molecule has 0 atom stereocenters. The standard InChI is InChI=1S/C17H25N3/c1-13-15(14-6-4-5-7-16(14)19-13)12-20-10-8-17(2,18-3)9-11-20/h4-7,18-19H,8-12H2,1-3H3. The second-order valence-corrected chi connectivity index (χ2v) is 6.36. The molecule has 0 saturated carbocycles. The van der Waals surface area contributed by atoms with Crippen LogP contribution < -0.4 is 5.32 Å². The molecule has 1 aromatic heterocycles. The quantitative estimate of drug-likeness (QED) is 0.899. The van der Waals surface area contributed by atoms with Crippen molar-refractivity contribution in [3.63, 3.8) is 0 Å². The fourth-order valence-electron chi connectivity index (χ4n) is 3.22. The smallest absolute Gasteiger partial charge is 0.0459 e. The van der Waals surface area contributed by atoms with Crippen LogP contribution in [-0.4, -0.2) is 35.6 Å². The van der Waals surface area contributed by atoms with E-state index < -0.39 is 0 Å². The molecule has 20 heavy (non-hydrogen) atoms. The van der Waals surface area contributed by atoms with Crippen LogP contribution in [0, 0.1) is 6.92 Å². The van der Waals surface area contributed by atoms with Crippen LogP contribution in [0.25, 0.3) is 10.9 Å². The number of para-hydroxylation sites is 1. The molecule has 108 valence electrons. The number of nitrogens with zero attached hydrogens (tertiary/aromatic N) is 1. The Balaban J connectivity index is 1.76. The number of nitrogens with one attached hydrogen (secondary N) is 2. The van der Waals surface area contributed by atoms with Crippen molar-refractivity contribution in [1.82, 2.24) is 15.2 Å². The van der Waals surface area contributed by atoms with Crippen molar-refractivity contribution in [2.75, 3.05) is 20.1 Å². The van der Waals surface area contributed by atoms with Crippen LogP contribution in [0.1, 0.15) is 31.0 Å². The second kappa shape index (κ2) is 5.23. The van der Waals surface area contributed by atoms with Gasteiger partial charge in [-0.3, -0.25) is 4.90 Å². The summed E-state index contributed by atoms with van der Waals surface area (Å²) in [5.74, 6) is 0. The van der Waals surface area contributed by atoms with Crippen molar-refractivity contribution < 1.29 is 0 Å². The summed E-state index contributed by atoms with van der Waals surface area (Å²) < 4.78 is 0. The van der Waals surface area contributed by atoms with Gasteiger partial charge in [-0.05, 0) is 45.4 Å². The van der Waals surface area contributed by atoms with Gasteiger partial charge in [-0.15, -0.1) is 0 Å². The fraction of sp³-hybridized carbons (Fsp3) is 0.529. The molecular formula is C17H25N3. The van der Waals surface area contributed by atoms with Crippen molar-refractivity contribution in [3.05, 3.63) is 35.5 Å². The lowest BCUT2D eigenvalue weighted by molar-refractivity contribution is 0.146. The molecule has 2 N–H and O–H groups in total. The number of H-pyrrole nitrogens is 1. The highest BCUT2D eigenvalue weighted by Crippen LogP contribution is 2.26. The zero-order chi connectivity index (χ0) is 14.2. The zero-order valence-corrected chi connectivity index (χ0v) is 12.8. The third-order valence-corrected chi connectivity index (χ3v) is 4.97. The van der Waals surface area contributed by atoms with Crippen LogP contribution in [0.4, 0.5) is 0 Å². The minimum Gasteiger partial charge on any atom is -0.358 e. The molecule has 0 spiro atoms. The number of aromatic nitrogens is 1. The van der Waals surface area contributed by atoms with E-state index in [2.05, 4.69) is 60.4 Å². The minimum absolute atomic E-state index is 0.325. The van der Waals surface area contributed by atoms with Gasteiger partial charge in [-0.1, -0.05) is 18.2 Å². The van der Waals surface area contributed by atoms with Crippen molar-refractivity contribution in [3.8, 4) is 0 Å². The predicted molar refractivity (Wildman–Crippen MR) is 85.0 cm³/mol. The normalized spacial score (nSPS) is 19.6. The molecule has 1 aliphatic rings. The number of rotatable bonds is 3. The highest BCUT2D eigenvalue weighted by Gasteiger charge is 2.28. The Hall–Kier alpha value is -1.32. The Morgan fingerprint density at radius 2 is 1.95 bits per heavy atom. The lowest BCUT2D eigenvalue weighted by Gasteiger charge is -2.39. The molecule has 1 fully saturated rings. The van der Waals surface area contributed by atoms with Crippen molar-refractivity contribution in [2.45, 2.75) is 38.8 Å². The lowest BCUT2D eigenvalue weighted by Crippen LogP contribution is -2.49. The molecule has 0 unspecified atom stereocenters. The number of fused-ring (bicyclic) bond motifs is 1. The molecule has 0 bridgehead atoms. The monoisotopic (exact) mass is 271 g/mol. The number of piperidine rings is 1. The predicted octanol–water partition coefficient (Wildman–Crippen LogP) is 3.05. The first-order valence-electron chi connectivity index (χ1n) is 7.59. The van der Waals surface area contributed by atoms with E-state index >= 15 is 0 Å². The van der Waals surface area contributed by atoms with Gasteiger partial charge in [0.25, 0.3) is 0 Å². The van der Waals surface area contributed by atoms with E-state index in [9.17, 15) is 0 Å². The number of aryl methyl sites for hydroxylation is 1. The van der Waals surface area contributed by atoms with E-state index in [4.69, 9.17) is 0 Å². The number of likely N-dealkylation sites (tertiary alicyclic amines) is 1.